The molecule has 2 aliphatic heterocycles. The first-order chi connectivity index (χ1) is 14.8. The van der Waals surface area contributed by atoms with Gasteiger partial charge >= 0.3 is 5.97 Å². The van der Waals surface area contributed by atoms with Gasteiger partial charge in [0.15, 0.2) is 5.60 Å². The molecule has 0 amide bonds. The number of carbonyl (C=O) groups excluding carboxylic acids is 2. The zero-order valence-electron chi connectivity index (χ0n) is 17.4. The molecule has 0 fully saturated rings. The number of fused-ring (bicyclic) bond motifs is 5. The molecule has 1 atom stereocenters. The van der Waals surface area contributed by atoms with Crippen LogP contribution in [0.4, 0.5) is 0 Å². The second-order valence-electron chi connectivity index (χ2n) is 8.33. The van der Waals surface area contributed by atoms with E-state index < -0.39 is 11.6 Å². The van der Waals surface area contributed by atoms with Crippen LogP contribution in [-0.2, 0) is 39.5 Å². The minimum Gasteiger partial charge on any atom is -0.458 e. The molecule has 7 heteroatoms. The number of hydrogen-bond acceptors (Lipinski definition) is 6. The van der Waals surface area contributed by atoms with Crippen LogP contribution in [0.5, 0.6) is 0 Å². The predicted molar refractivity (Wildman–Crippen MR) is 114 cm³/mol. The molecule has 7 nitrogen and oxygen atoms in total. The molecule has 2 aromatic heterocycles. The minimum absolute atomic E-state index is 0.110. The topological polar surface area (TPSA) is 98.5 Å². The summed E-state index contributed by atoms with van der Waals surface area (Å²) in [6.45, 7) is 3.50. The van der Waals surface area contributed by atoms with Crippen molar-refractivity contribution in [2.45, 2.75) is 51.9 Å². The van der Waals surface area contributed by atoms with Gasteiger partial charge in [0.2, 0.25) is 0 Å². The molecule has 0 saturated heterocycles. The smallest absolute Gasteiger partial charge is 0.343 e. The van der Waals surface area contributed by atoms with E-state index in [0.29, 0.717) is 41.9 Å². The van der Waals surface area contributed by atoms with Gasteiger partial charge in [-0.05, 0) is 43.5 Å². The molecule has 1 unspecified atom stereocenters. The standard InChI is InChI=1S/C24H22N2O5/c1-3-24(30)18-10-20-21-16(11-26(20)22(28)17(18)12-31-23(24)29)9-15-7-6-14(5-4-13(2)27)8-19(15)25-21/h6-10,30H,3-5,11-12H2,1-2H3. The van der Waals surface area contributed by atoms with Crippen molar-refractivity contribution in [2.75, 3.05) is 0 Å². The third-order valence-corrected chi connectivity index (χ3v) is 6.34. The lowest BCUT2D eigenvalue weighted by molar-refractivity contribution is -0.172. The molecule has 0 bridgehead atoms. The largest absolute Gasteiger partial charge is 0.458 e. The average molecular weight is 418 g/mol. The van der Waals surface area contributed by atoms with Gasteiger partial charge in [0.1, 0.15) is 12.4 Å². The molecule has 0 aliphatic carbocycles. The summed E-state index contributed by atoms with van der Waals surface area (Å²) in [5, 5.41) is 11.9. The van der Waals surface area contributed by atoms with Gasteiger partial charge in [-0.3, -0.25) is 4.79 Å². The maximum Gasteiger partial charge on any atom is 0.343 e. The van der Waals surface area contributed by atoms with Crippen LogP contribution in [-0.4, -0.2) is 26.4 Å². The van der Waals surface area contributed by atoms with Gasteiger partial charge in [0, 0.05) is 22.9 Å². The lowest BCUT2D eigenvalue weighted by Gasteiger charge is -2.31. The zero-order chi connectivity index (χ0) is 21.9. The van der Waals surface area contributed by atoms with E-state index in [-0.39, 0.29) is 24.4 Å². The molecule has 3 aromatic rings. The Morgan fingerprint density at radius 2 is 2.06 bits per heavy atom. The van der Waals surface area contributed by atoms with Gasteiger partial charge in [-0.2, -0.15) is 0 Å². The van der Waals surface area contributed by atoms with Crippen molar-refractivity contribution in [2.24, 2.45) is 0 Å². The number of carbonyl (C=O) groups is 2. The number of aliphatic hydroxyl groups is 1. The van der Waals surface area contributed by atoms with Gasteiger partial charge in [0.05, 0.1) is 29.0 Å². The third kappa shape index (κ3) is 2.91. The maximum absolute atomic E-state index is 13.2. The van der Waals surface area contributed by atoms with Crippen LogP contribution < -0.4 is 5.56 Å². The van der Waals surface area contributed by atoms with E-state index >= 15 is 0 Å². The number of aromatic nitrogens is 2. The number of nitrogens with zero attached hydrogens (tertiary/aromatic N) is 2. The molecule has 1 N–H and O–H groups in total. The van der Waals surface area contributed by atoms with Gasteiger partial charge < -0.3 is 19.2 Å². The summed E-state index contributed by atoms with van der Waals surface area (Å²) in [6, 6.07) is 9.68. The van der Waals surface area contributed by atoms with Crippen molar-refractivity contribution in [3.8, 4) is 11.4 Å². The van der Waals surface area contributed by atoms with E-state index in [4.69, 9.17) is 9.72 Å². The summed E-state index contributed by atoms with van der Waals surface area (Å²) in [7, 11) is 0. The zero-order valence-corrected chi connectivity index (χ0v) is 17.4. The number of ketones is 1. The summed E-state index contributed by atoms with van der Waals surface area (Å²) in [5.41, 5.74) is 2.52. The highest BCUT2D eigenvalue weighted by Crippen LogP contribution is 2.38. The summed E-state index contributed by atoms with van der Waals surface area (Å²) in [5.74, 6) is -0.589. The number of aryl methyl sites for hydroxylation is 1. The predicted octanol–water partition coefficient (Wildman–Crippen LogP) is 2.60. The molecule has 1 aromatic carbocycles. The van der Waals surface area contributed by atoms with Gasteiger partial charge in [-0.1, -0.05) is 19.1 Å². The molecule has 4 heterocycles. The quantitative estimate of drug-likeness (QED) is 0.512. The number of cyclic esters (lactones) is 1. The SMILES string of the molecule is CCC1(O)C(=O)OCc2c1cc1n(c2=O)Cc2cc3ccc(CCC(C)=O)cc3nc2-1. The van der Waals surface area contributed by atoms with Crippen LogP contribution >= 0.6 is 0 Å². The van der Waals surface area contributed by atoms with Crippen molar-refractivity contribution in [3.63, 3.8) is 0 Å². The Kier molecular flexibility index (Phi) is 4.34. The van der Waals surface area contributed by atoms with Crippen LogP contribution in [0.15, 0.2) is 35.1 Å². The first kappa shape index (κ1) is 19.6. The molecule has 5 rings (SSSR count). The normalized spacial score (nSPS) is 19.0. The number of Topliss-reactive ketones (excluding diaryl/α,β-unsaturated/α-hetero) is 1. The molecular weight excluding hydrogens is 396 g/mol. The summed E-state index contributed by atoms with van der Waals surface area (Å²) in [6.07, 6.45) is 1.24. The fourth-order valence-corrected chi connectivity index (χ4v) is 4.50. The fraction of sp³-hybridized carbons (Fsp3) is 0.333. The Morgan fingerprint density at radius 3 is 2.81 bits per heavy atom. The highest BCUT2D eigenvalue weighted by atomic mass is 16.6. The van der Waals surface area contributed by atoms with Crippen molar-refractivity contribution in [1.82, 2.24) is 9.55 Å². The second-order valence-corrected chi connectivity index (χ2v) is 8.33. The molecule has 0 radical (unpaired) electrons. The molecule has 0 saturated carbocycles. The first-order valence-corrected chi connectivity index (χ1v) is 10.4. The van der Waals surface area contributed by atoms with E-state index in [0.717, 1.165) is 22.0 Å². The maximum atomic E-state index is 13.2. The molecule has 31 heavy (non-hydrogen) atoms. The molecular formula is C24H22N2O5. The molecule has 2 aliphatic rings. The van der Waals surface area contributed by atoms with Crippen molar-refractivity contribution >= 4 is 22.7 Å². The number of esters is 1. The van der Waals surface area contributed by atoms with Crippen LogP contribution in [0.1, 0.15) is 48.9 Å². The van der Waals surface area contributed by atoms with E-state index in [1.807, 2.05) is 24.3 Å². The van der Waals surface area contributed by atoms with Crippen LogP contribution in [0.3, 0.4) is 0 Å². The average Bonchev–Trinajstić information content (AvgIpc) is 3.11. The Morgan fingerprint density at radius 1 is 1.26 bits per heavy atom. The number of rotatable bonds is 4. The summed E-state index contributed by atoms with van der Waals surface area (Å²) < 4.78 is 6.73. The van der Waals surface area contributed by atoms with Crippen LogP contribution in [0, 0.1) is 0 Å². The van der Waals surface area contributed by atoms with Crippen molar-refractivity contribution in [1.29, 1.82) is 0 Å². The highest BCUT2D eigenvalue weighted by Gasteiger charge is 2.45. The number of hydrogen-bond donors (Lipinski definition) is 1. The Hall–Kier alpha value is -3.32. The second kappa shape index (κ2) is 6.85. The van der Waals surface area contributed by atoms with Crippen LogP contribution in [0.2, 0.25) is 0 Å². The summed E-state index contributed by atoms with van der Waals surface area (Å²) >= 11 is 0. The molecule has 158 valence electrons. The van der Waals surface area contributed by atoms with Gasteiger partial charge in [0.25, 0.3) is 5.56 Å². The van der Waals surface area contributed by atoms with E-state index in [1.54, 1.807) is 24.5 Å². The minimum atomic E-state index is -1.83. The van der Waals surface area contributed by atoms with Crippen molar-refractivity contribution < 1.29 is 19.4 Å². The first-order valence-electron chi connectivity index (χ1n) is 10.4. The number of pyridine rings is 2. The van der Waals surface area contributed by atoms with Crippen LogP contribution in [0.25, 0.3) is 22.3 Å². The Balaban J connectivity index is 1.67. The molecule has 0 spiro atoms. The number of benzene rings is 1. The third-order valence-electron chi connectivity index (χ3n) is 6.34. The Labute approximate surface area is 178 Å². The fourth-order valence-electron chi connectivity index (χ4n) is 4.50. The number of ether oxygens (including phenoxy) is 1. The highest BCUT2D eigenvalue weighted by molar-refractivity contribution is 5.86. The Bertz CT molecular complexity index is 1340. The van der Waals surface area contributed by atoms with Crippen molar-refractivity contribution in [3.05, 3.63) is 62.9 Å². The lowest BCUT2D eigenvalue weighted by Crippen LogP contribution is -2.44. The van der Waals surface area contributed by atoms with E-state index in [9.17, 15) is 19.5 Å². The van der Waals surface area contributed by atoms with Gasteiger partial charge in [-0.25, -0.2) is 9.78 Å². The van der Waals surface area contributed by atoms with Gasteiger partial charge in [-0.15, -0.1) is 0 Å². The van der Waals surface area contributed by atoms with E-state index in [2.05, 4.69) is 0 Å². The van der Waals surface area contributed by atoms with E-state index in [1.165, 1.54) is 0 Å². The lowest BCUT2D eigenvalue weighted by atomic mass is 9.86. The monoisotopic (exact) mass is 418 g/mol. The summed E-state index contributed by atoms with van der Waals surface area (Å²) in [4.78, 5) is 41.6.